The van der Waals surface area contributed by atoms with Gasteiger partial charge in [-0.05, 0) is 50.2 Å². The van der Waals surface area contributed by atoms with Gasteiger partial charge in [0.1, 0.15) is 11.3 Å². The molecule has 0 fully saturated rings. The van der Waals surface area contributed by atoms with Crippen LogP contribution in [0.5, 0.6) is 0 Å². The van der Waals surface area contributed by atoms with Crippen LogP contribution in [-0.2, 0) is 0 Å². The van der Waals surface area contributed by atoms with E-state index in [4.69, 9.17) is 0 Å². The molecule has 1 aromatic carbocycles. The smallest absolute Gasteiger partial charge is 0.274 e. The zero-order valence-corrected chi connectivity index (χ0v) is 15.9. The van der Waals surface area contributed by atoms with Gasteiger partial charge < -0.3 is 5.32 Å². The van der Waals surface area contributed by atoms with Crippen LogP contribution in [-0.4, -0.2) is 35.1 Å². The van der Waals surface area contributed by atoms with E-state index in [1.807, 2.05) is 74.6 Å². The van der Waals surface area contributed by atoms with Crippen molar-refractivity contribution < 1.29 is 4.79 Å². The predicted octanol–water partition coefficient (Wildman–Crippen LogP) is 3.31. The minimum atomic E-state index is -0.200. The molecule has 142 valence electrons. The topological polar surface area (TPSA) is 89.5 Å². The average Bonchev–Trinajstić information content (AvgIpc) is 3.27. The van der Waals surface area contributed by atoms with Gasteiger partial charge in [-0.1, -0.05) is 18.2 Å². The summed E-state index contributed by atoms with van der Waals surface area (Å²) < 4.78 is 3.50. The van der Waals surface area contributed by atoms with Crippen LogP contribution in [0, 0.1) is 13.8 Å². The Kier molecular flexibility index (Phi) is 3.83. The lowest BCUT2D eigenvalue weighted by molar-refractivity contribution is 0.102. The van der Waals surface area contributed by atoms with E-state index >= 15 is 0 Å². The summed E-state index contributed by atoms with van der Waals surface area (Å²) in [4.78, 5) is 17.3. The molecule has 8 heteroatoms. The first kappa shape index (κ1) is 17.1. The molecule has 4 heterocycles. The SMILES string of the molecule is Cc1nc2ccccn2c1C(=O)Nc1ccc(-c2ccc3nnc(C)n3n2)cc1. The summed E-state index contributed by atoms with van der Waals surface area (Å²) in [5, 5.41) is 15.6. The summed E-state index contributed by atoms with van der Waals surface area (Å²) in [5.74, 6) is 0.530. The number of nitrogens with one attached hydrogen (secondary N) is 1. The zero-order chi connectivity index (χ0) is 20.0. The fourth-order valence-corrected chi connectivity index (χ4v) is 3.35. The number of benzene rings is 1. The van der Waals surface area contributed by atoms with Gasteiger partial charge in [-0.25, -0.2) is 4.98 Å². The summed E-state index contributed by atoms with van der Waals surface area (Å²) in [6.45, 7) is 3.69. The highest BCUT2D eigenvalue weighted by Crippen LogP contribution is 2.21. The molecule has 8 nitrogen and oxygen atoms in total. The lowest BCUT2D eigenvalue weighted by Gasteiger charge is -2.07. The van der Waals surface area contributed by atoms with Gasteiger partial charge in [-0.3, -0.25) is 9.20 Å². The number of hydrogen-bond donors (Lipinski definition) is 1. The van der Waals surface area contributed by atoms with Crippen LogP contribution >= 0.6 is 0 Å². The Labute approximate surface area is 165 Å². The predicted molar refractivity (Wildman–Crippen MR) is 109 cm³/mol. The molecule has 1 N–H and O–H groups in total. The zero-order valence-electron chi connectivity index (χ0n) is 15.9. The number of hydrogen-bond acceptors (Lipinski definition) is 5. The summed E-state index contributed by atoms with van der Waals surface area (Å²) >= 11 is 0. The first-order valence-corrected chi connectivity index (χ1v) is 9.15. The van der Waals surface area contributed by atoms with E-state index in [1.165, 1.54) is 0 Å². The van der Waals surface area contributed by atoms with Crippen molar-refractivity contribution in [2.24, 2.45) is 0 Å². The van der Waals surface area contributed by atoms with Crippen LogP contribution in [0.3, 0.4) is 0 Å². The molecule has 0 bridgehead atoms. The van der Waals surface area contributed by atoms with Gasteiger partial charge in [0.25, 0.3) is 5.91 Å². The van der Waals surface area contributed by atoms with Crippen molar-refractivity contribution in [1.82, 2.24) is 29.2 Å². The molecule has 5 rings (SSSR count). The van der Waals surface area contributed by atoms with Crippen molar-refractivity contribution in [3.8, 4) is 11.3 Å². The number of carbonyl (C=O) groups is 1. The van der Waals surface area contributed by atoms with Crippen LogP contribution in [0.2, 0.25) is 0 Å². The largest absolute Gasteiger partial charge is 0.321 e. The van der Waals surface area contributed by atoms with E-state index in [9.17, 15) is 4.79 Å². The molecule has 29 heavy (non-hydrogen) atoms. The van der Waals surface area contributed by atoms with Crippen LogP contribution < -0.4 is 5.32 Å². The van der Waals surface area contributed by atoms with Gasteiger partial charge in [0, 0.05) is 17.4 Å². The van der Waals surface area contributed by atoms with E-state index in [0.29, 0.717) is 22.7 Å². The minimum absolute atomic E-state index is 0.200. The Morgan fingerprint density at radius 1 is 0.931 bits per heavy atom. The number of aryl methyl sites for hydroxylation is 2. The van der Waals surface area contributed by atoms with E-state index in [0.717, 1.165) is 22.7 Å². The number of imidazole rings is 1. The number of amides is 1. The van der Waals surface area contributed by atoms with E-state index in [2.05, 4.69) is 25.6 Å². The lowest BCUT2D eigenvalue weighted by atomic mass is 10.1. The van der Waals surface area contributed by atoms with Crippen molar-refractivity contribution in [1.29, 1.82) is 0 Å². The fraction of sp³-hybridized carbons (Fsp3) is 0.0952. The van der Waals surface area contributed by atoms with Crippen LogP contribution in [0.4, 0.5) is 5.69 Å². The molecule has 0 unspecified atom stereocenters. The molecule has 0 aliphatic rings. The highest BCUT2D eigenvalue weighted by molar-refractivity contribution is 6.04. The Morgan fingerprint density at radius 2 is 1.76 bits per heavy atom. The molecule has 0 aliphatic heterocycles. The standard InChI is InChI=1S/C21H17N7O/c1-13-20(27-12-4-3-5-18(27)22-13)21(29)23-16-8-6-15(7-9-16)17-10-11-19-25-24-14(2)28(19)26-17/h3-12H,1-2H3,(H,23,29). The van der Waals surface area contributed by atoms with E-state index < -0.39 is 0 Å². The molecule has 0 spiro atoms. The molecular weight excluding hydrogens is 366 g/mol. The third kappa shape index (κ3) is 2.91. The first-order valence-electron chi connectivity index (χ1n) is 9.15. The molecule has 0 saturated heterocycles. The van der Waals surface area contributed by atoms with Gasteiger partial charge in [0.2, 0.25) is 0 Å². The number of carbonyl (C=O) groups excluding carboxylic acids is 1. The van der Waals surface area contributed by atoms with E-state index in [1.54, 1.807) is 8.92 Å². The second-order valence-electron chi connectivity index (χ2n) is 6.74. The summed E-state index contributed by atoms with van der Waals surface area (Å²) in [6, 6.07) is 17.0. The normalized spacial score (nSPS) is 11.2. The maximum atomic E-state index is 12.8. The van der Waals surface area contributed by atoms with Crippen LogP contribution in [0.25, 0.3) is 22.6 Å². The van der Waals surface area contributed by atoms with Crippen LogP contribution in [0.15, 0.2) is 60.8 Å². The molecule has 1 amide bonds. The average molecular weight is 383 g/mol. The van der Waals surface area contributed by atoms with Crippen molar-refractivity contribution in [3.05, 3.63) is 78.0 Å². The number of fused-ring (bicyclic) bond motifs is 2. The van der Waals surface area contributed by atoms with Crippen molar-refractivity contribution in [3.63, 3.8) is 0 Å². The van der Waals surface area contributed by atoms with Gasteiger partial charge in [0.15, 0.2) is 11.5 Å². The van der Waals surface area contributed by atoms with Crippen molar-refractivity contribution >= 4 is 22.9 Å². The third-order valence-corrected chi connectivity index (χ3v) is 4.78. The van der Waals surface area contributed by atoms with Crippen molar-refractivity contribution in [2.75, 3.05) is 5.32 Å². The quantitative estimate of drug-likeness (QED) is 0.516. The number of rotatable bonds is 3. The van der Waals surface area contributed by atoms with Gasteiger partial charge in [0.05, 0.1) is 11.4 Å². The second-order valence-corrected chi connectivity index (χ2v) is 6.74. The third-order valence-electron chi connectivity index (χ3n) is 4.78. The summed E-state index contributed by atoms with van der Waals surface area (Å²) in [6.07, 6.45) is 1.84. The monoisotopic (exact) mass is 383 g/mol. The maximum absolute atomic E-state index is 12.8. The van der Waals surface area contributed by atoms with Crippen molar-refractivity contribution in [2.45, 2.75) is 13.8 Å². The Hall–Kier alpha value is -4.07. The highest BCUT2D eigenvalue weighted by atomic mass is 16.2. The molecule has 0 atom stereocenters. The Bertz CT molecular complexity index is 1370. The molecular formula is C21H17N7O. The molecule has 5 aromatic rings. The lowest BCUT2D eigenvalue weighted by Crippen LogP contribution is -2.15. The Balaban J connectivity index is 1.41. The van der Waals surface area contributed by atoms with E-state index in [-0.39, 0.29) is 5.91 Å². The van der Waals surface area contributed by atoms with Gasteiger partial charge >= 0.3 is 0 Å². The second kappa shape index (κ2) is 6.52. The first-order chi connectivity index (χ1) is 14.1. The Morgan fingerprint density at radius 3 is 2.59 bits per heavy atom. The summed E-state index contributed by atoms with van der Waals surface area (Å²) in [5.41, 5.74) is 5.10. The highest BCUT2D eigenvalue weighted by Gasteiger charge is 2.16. The number of pyridine rings is 1. The fourth-order valence-electron chi connectivity index (χ4n) is 3.35. The number of nitrogens with zero attached hydrogens (tertiary/aromatic N) is 6. The minimum Gasteiger partial charge on any atom is -0.321 e. The molecule has 0 radical (unpaired) electrons. The molecule has 0 aliphatic carbocycles. The number of aromatic nitrogens is 6. The van der Waals surface area contributed by atoms with Crippen LogP contribution in [0.1, 0.15) is 22.0 Å². The van der Waals surface area contributed by atoms with Gasteiger partial charge in [-0.15, -0.1) is 10.2 Å². The molecule has 4 aromatic heterocycles. The summed E-state index contributed by atoms with van der Waals surface area (Å²) in [7, 11) is 0. The maximum Gasteiger partial charge on any atom is 0.274 e. The van der Waals surface area contributed by atoms with Gasteiger partial charge in [-0.2, -0.15) is 9.61 Å². The molecule has 0 saturated carbocycles. The number of anilines is 1.